The lowest BCUT2D eigenvalue weighted by Crippen LogP contribution is -2.30. The van der Waals surface area contributed by atoms with Crippen molar-refractivity contribution in [2.45, 2.75) is 26.4 Å². The fourth-order valence-corrected chi connectivity index (χ4v) is 4.64. The third-order valence-corrected chi connectivity index (χ3v) is 6.22. The van der Waals surface area contributed by atoms with E-state index >= 15 is 0 Å². The van der Waals surface area contributed by atoms with Gasteiger partial charge in [0, 0.05) is 18.9 Å². The van der Waals surface area contributed by atoms with Gasteiger partial charge in [-0.15, -0.1) is 11.3 Å². The highest BCUT2D eigenvalue weighted by Crippen LogP contribution is 2.40. The Bertz CT molecular complexity index is 1190. The monoisotopic (exact) mass is 435 g/mol. The number of aromatic nitrogens is 2. The second kappa shape index (κ2) is 8.31. The highest BCUT2D eigenvalue weighted by atomic mass is 32.1. The Labute approximate surface area is 183 Å². The Morgan fingerprint density at radius 2 is 2.06 bits per heavy atom. The molecule has 0 bridgehead atoms. The molecule has 1 amide bonds. The van der Waals surface area contributed by atoms with Gasteiger partial charge in [0.2, 0.25) is 5.78 Å². The van der Waals surface area contributed by atoms with Gasteiger partial charge in [0.05, 0.1) is 34.3 Å². The van der Waals surface area contributed by atoms with Crippen molar-refractivity contribution in [3.05, 3.63) is 86.8 Å². The maximum Gasteiger partial charge on any atom is 0.290 e. The summed E-state index contributed by atoms with van der Waals surface area (Å²) >= 11 is 1.25. The maximum atomic E-state index is 13.5. The molecule has 1 unspecified atom stereocenters. The highest BCUT2D eigenvalue weighted by molar-refractivity contribution is 7.14. The number of Topliss-reactive ketones (excluding diaryl/α,β-unsaturated/α-hetero) is 1. The number of benzene rings is 1. The summed E-state index contributed by atoms with van der Waals surface area (Å²) in [6.45, 7) is 3.76. The van der Waals surface area contributed by atoms with Crippen molar-refractivity contribution < 1.29 is 19.4 Å². The van der Waals surface area contributed by atoms with E-state index in [-0.39, 0.29) is 12.1 Å². The fraction of sp³-hybridized carbons (Fsp3) is 0.217. The molecular formula is C23H21N3O4S. The standard InChI is InChI=1S/C23H21N3O4S/c1-13-22(31-14(2)25-13)20(27)18-19(16-7-5-9-24-11-16)26(23(29)21(18)28)12-15-6-4-8-17(10-15)30-3/h4-11,19,28H,12H2,1-3H3. The number of carbonyl (C=O) groups is 2. The number of methoxy groups -OCH3 is 1. The minimum Gasteiger partial charge on any atom is -0.503 e. The zero-order valence-corrected chi connectivity index (χ0v) is 18.1. The van der Waals surface area contributed by atoms with Gasteiger partial charge in [-0.2, -0.15) is 0 Å². The van der Waals surface area contributed by atoms with Gasteiger partial charge in [-0.25, -0.2) is 4.98 Å². The Morgan fingerprint density at radius 3 is 2.71 bits per heavy atom. The molecule has 0 saturated carbocycles. The average Bonchev–Trinajstić information content (AvgIpc) is 3.24. The number of hydrogen-bond acceptors (Lipinski definition) is 7. The third kappa shape index (κ3) is 3.82. The first-order valence-corrected chi connectivity index (χ1v) is 10.5. The third-order valence-electron chi connectivity index (χ3n) is 5.15. The van der Waals surface area contributed by atoms with Crippen LogP contribution in [0.1, 0.15) is 37.5 Å². The van der Waals surface area contributed by atoms with Crippen LogP contribution in [0.25, 0.3) is 0 Å². The summed E-state index contributed by atoms with van der Waals surface area (Å²) in [5, 5.41) is 11.5. The van der Waals surface area contributed by atoms with Crippen LogP contribution in [0.15, 0.2) is 60.1 Å². The molecule has 7 nitrogen and oxygen atoms in total. The summed E-state index contributed by atoms with van der Waals surface area (Å²) in [7, 11) is 1.57. The van der Waals surface area contributed by atoms with E-state index in [4.69, 9.17) is 4.74 Å². The van der Waals surface area contributed by atoms with E-state index in [0.717, 1.165) is 10.6 Å². The number of rotatable bonds is 6. The second-order valence-electron chi connectivity index (χ2n) is 7.21. The lowest BCUT2D eigenvalue weighted by atomic mass is 9.96. The van der Waals surface area contributed by atoms with Crippen molar-refractivity contribution in [2.24, 2.45) is 0 Å². The molecule has 8 heteroatoms. The lowest BCUT2D eigenvalue weighted by Gasteiger charge is -2.26. The molecule has 1 atom stereocenters. The number of ether oxygens (including phenoxy) is 1. The van der Waals surface area contributed by atoms with E-state index in [9.17, 15) is 14.7 Å². The predicted octanol–water partition coefficient (Wildman–Crippen LogP) is 3.94. The summed E-state index contributed by atoms with van der Waals surface area (Å²) in [6, 6.07) is 10.1. The van der Waals surface area contributed by atoms with Crippen LogP contribution in [0.2, 0.25) is 0 Å². The van der Waals surface area contributed by atoms with Crippen LogP contribution >= 0.6 is 11.3 Å². The van der Waals surface area contributed by atoms with Gasteiger partial charge in [0.1, 0.15) is 5.75 Å². The average molecular weight is 436 g/mol. The van der Waals surface area contributed by atoms with E-state index in [0.29, 0.717) is 21.9 Å². The summed E-state index contributed by atoms with van der Waals surface area (Å²) in [5.74, 6) is -0.867. The Hall–Kier alpha value is -3.52. The van der Waals surface area contributed by atoms with Crippen LogP contribution in [-0.2, 0) is 11.3 Å². The highest BCUT2D eigenvalue weighted by Gasteiger charge is 2.44. The number of nitrogens with zero attached hydrogens (tertiary/aromatic N) is 3. The maximum absolute atomic E-state index is 13.5. The molecule has 3 aromatic rings. The van der Waals surface area contributed by atoms with E-state index in [1.807, 2.05) is 31.2 Å². The van der Waals surface area contributed by atoms with E-state index in [1.165, 1.54) is 16.2 Å². The molecule has 0 radical (unpaired) electrons. The molecule has 0 spiro atoms. The number of aryl methyl sites for hydroxylation is 2. The van der Waals surface area contributed by atoms with Gasteiger partial charge < -0.3 is 14.7 Å². The summed E-state index contributed by atoms with van der Waals surface area (Å²) in [5.41, 5.74) is 2.09. The molecule has 2 aromatic heterocycles. The molecule has 1 aliphatic rings. The van der Waals surface area contributed by atoms with Crippen molar-refractivity contribution in [1.29, 1.82) is 0 Å². The van der Waals surface area contributed by atoms with Crippen LogP contribution in [-0.4, -0.2) is 38.8 Å². The molecule has 4 rings (SSSR count). The molecule has 31 heavy (non-hydrogen) atoms. The van der Waals surface area contributed by atoms with Crippen molar-refractivity contribution in [3.8, 4) is 5.75 Å². The first kappa shape index (κ1) is 20.7. The Balaban J connectivity index is 1.79. The quantitative estimate of drug-likeness (QED) is 0.590. The van der Waals surface area contributed by atoms with Crippen molar-refractivity contribution in [1.82, 2.24) is 14.9 Å². The van der Waals surface area contributed by atoms with Crippen LogP contribution in [0.5, 0.6) is 5.75 Å². The van der Waals surface area contributed by atoms with Gasteiger partial charge in [-0.1, -0.05) is 18.2 Å². The smallest absolute Gasteiger partial charge is 0.290 e. The van der Waals surface area contributed by atoms with E-state index < -0.39 is 23.5 Å². The molecule has 3 heterocycles. The predicted molar refractivity (Wildman–Crippen MR) is 116 cm³/mol. The summed E-state index contributed by atoms with van der Waals surface area (Å²) in [4.78, 5) is 36.9. The zero-order valence-electron chi connectivity index (χ0n) is 17.3. The number of amides is 1. The van der Waals surface area contributed by atoms with Crippen molar-refractivity contribution >= 4 is 23.0 Å². The molecule has 0 saturated heterocycles. The summed E-state index contributed by atoms with van der Waals surface area (Å²) < 4.78 is 5.28. The number of hydrogen-bond donors (Lipinski definition) is 1. The molecule has 1 N–H and O–H groups in total. The van der Waals surface area contributed by atoms with Gasteiger partial charge in [-0.3, -0.25) is 14.6 Å². The number of pyridine rings is 1. The molecule has 0 fully saturated rings. The number of thiazole rings is 1. The van der Waals surface area contributed by atoms with Gasteiger partial charge in [0.15, 0.2) is 5.76 Å². The van der Waals surface area contributed by atoms with Crippen LogP contribution in [0.4, 0.5) is 0 Å². The van der Waals surface area contributed by atoms with Crippen molar-refractivity contribution in [2.75, 3.05) is 7.11 Å². The molecule has 158 valence electrons. The molecule has 1 aromatic carbocycles. The largest absolute Gasteiger partial charge is 0.503 e. The SMILES string of the molecule is COc1cccc(CN2C(=O)C(O)=C(C(=O)c3sc(C)nc3C)C2c2cccnc2)c1. The Kier molecular flexibility index (Phi) is 5.56. The number of ketones is 1. The minimum absolute atomic E-state index is 0.0487. The summed E-state index contributed by atoms with van der Waals surface area (Å²) in [6.07, 6.45) is 3.22. The van der Waals surface area contributed by atoms with Crippen LogP contribution < -0.4 is 4.74 Å². The lowest BCUT2D eigenvalue weighted by molar-refractivity contribution is -0.130. The van der Waals surface area contributed by atoms with E-state index in [2.05, 4.69) is 9.97 Å². The fourth-order valence-electron chi connectivity index (χ4n) is 3.76. The van der Waals surface area contributed by atoms with Crippen LogP contribution in [0, 0.1) is 13.8 Å². The molecular weight excluding hydrogens is 414 g/mol. The molecule has 0 aliphatic carbocycles. The minimum atomic E-state index is -0.762. The number of carbonyl (C=O) groups excluding carboxylic acids is 2. The molecule has 1 aliphatic heterocycles. The van der Waals surface area contributed by atoms with Gasteiger partial charge >= 0.3 is 0 Å². The normalized spacial score (nSPS) is 16.2. The first-order chi connectivity index (χ1) is 14.9. The Morgan fingerprint density at radius 1 is 1.26 bits per heavy atom. The van der Waals surface area contributed by atoms with Gasteiger partial charge in [0.25, 0.3) is 5.91 Å². The van der Waals surface area contributed by atoms with Crippen molar-refractivity contribution in [3.63, 3.8) is 0 Å². The number of aliphatic hydroxyl groups is 1. The van der Waals surface area contributed by atoms with E-state index in [1.54, 1.807) is 38.6 Å². The topological polar surface area (TPSA) is 92.6 Å². The second-order valence-corrected chi connectivity index (χ2v) is 8.42. The first-order valence-electron chi connectivity index (χ1n) is 9.66. The zero-order chi connectivity index (χ0) is 22.1. The number of aliphatic hydroxyl groups excluding tert-OH is 1. The van der Waals surface area contributed by atoms with Crippen LogP contribution in [0.3, 0.4) is 0 Å². The van der Waals surface area contributed by atoms with Gasteiger partial charge in [-0.05, 0) is 43.2 Å².